The van der Waals surface area contributed by atoms with Gasteiger partial charge in [-0.3, -0.25) is 19.2 Å². The lowest BCUT2D eigenvalue weighted by atomic mass is 9.60. The SMILES string of the molecule is CC(=O)OCCOC(=O)N(Cc1cc(N(C)C)c2c(c1O)C(=O)C1=C(O)[C@]3(O)C(=O)C(C(N)=O)=C(O)C[C@@H]3C[C@@H]1C2)CC(C)(C)C. The van der Waals surface area contributed by atoms with Gasteiger partial charge in [0.1, 0.15) is 36.1 Å². The van der Waals surface area contributed by atoms with Gasteiger partial charge in [0.05, 0.1) is 12.1 Å². The first-order chi connectivity index (χ1) is 21.3. The first-order valence-corrected chi connectivity index (χ1v) is 14.9. The number of benzene rings is 1. The molecule has 0 bridgehead atoms. The van der Waals surface area contributed by atoms with Crippen LogP contribution >= 0.6 is 0 Å². The highest BCUT2D eigenvalue weighted by Crippen LogP contribution is 2.52. The first kappa shape index (κ1) is 34.3. The fourth-order valence-corrected chi connectivity index (χ4v) is 6.61. The maximum absolute atomic E-state index is 14.2. The van der Waals surface area contributed by atoms with Crippen molar-refractivity contribution >= 4 is 35.2 Å². The fourth-order valence-electron chi connectivity index (χ4n) is 6.61. The number of hydrogen-bond donors (Lipinski definition) is 5. The fraction of sp³-hybridized carbons (Fsp3) is 0.531. The number of amides is 2. The van der Waals surface area contributed by atoms with E-state index in [0.717, 1.165) is 0 Å². The third-order valence-corrected chi connectivity index (χ3v) is 8.50. The Labute approximate surface area is 266 Å². The van der Waals surface area contributed by atoms with Crippen molar-refractivity contribution in [1.29, 1.82) is 0 Å². The second-order valence-electron chi connectivity index (χ2n) is 13.4. The molecule has 0 unspecified atom stereocenters. The third kappa shape index (κ3) is 6.13. The molecule has 0 saturated heterocycles. The van der Waals surface area contributed by atoms with Crippen LogP contribution in [0, 0.1) is 17.3 Å². The highest BCUT2D eigenvalue weighted by atomic mass is 16.6. The minimum Gasteiger partial charge on any atom is -0.511 e. The van der Waals surface area contributed by atoms with Gasteiger partial charge in [0, 0.05) is 56.7 Å². The summed E-state index contributed by atoms with van der Waals surface area (Å²) in [6.45, 7) is 6.60. The maximum Gasteiger partial charge on any atom is 0.410 e. The van der Waals surface area contributed by atoms with Crippen LogP contribution in [0.3, 0.4) is 0 Å². The molecule has 14 heteroatoms. The minimum absolute atomic E-state index is 0.0108. The monoisotopic (exact) mass is 643 g/mol. The van der Waals surface area contributed by atoms with Crippen molar-refractivity contribution in [2.24, 2.45) is 23.0 Å². The largest absolute Gasteiger partial charge is 0.511 e. The Morgan fingerprint density at radius 1 is 1.07 bits per heavy atom. The van der Waals surface area contributed by atoms with Crippen molar-refractivity contribution in [1.82, 2.24) is 4.90 Å². The zero-order valence-electron chi connectivity index (χ0n) is 26.8. The third-order valence-electron chi connectivity index (χ3n) is 8.50. The molecule has 3 aliphatic rings. The number of ketones is 2. The van der Waals surface area contributed by atoms with Crippen molar-refractivity contribution in [3.05, 3.63) is 45.4 Å². The maximum atomic E-state index is 14.2. The number of aliphatic hydroxyl groups is 3. The second kappa shape index (κ2) is 12.3. The number of phenolic OH excluding ortho intramolecular Hbond substituents is 1. The van der Waals surface area contributed by atoms with Gasteiger partial charge < -0.3 is 45.4 Å². The number of aliphatic hydroxyl groups excluding tert-OH is 2. The number of aromatic hydroxyl groups is 1. The number of primary amides is 1. The summed E-state index contributed by atoms with van der Waals surface area (Å²) in [5, 5.41) is 44.9. The number of carbonyl (C=O) groups is 5. The van der Waals surface area contributed by atoms with Crippen molar-refractivity contribution in [2.75, 3.05) is 38.8 Å². The van der Waals surface area contributed by atoms with Gasteiger partial charge in [-0.05, 0) is 35.8 Å². The molecule has 6 N–H and O–H groups in total. The summed E-state index contributed by atoms with van der Waals surface area (Å²) in [7, 11) is 3.49. The quantitative estimate of drug-likeness (QED) is 0.156. The number of Topliss-reactive ketones (excluding diaryl/α,β-unsaturated/α-hetero) is 2. The second-order valence-corrected chi connectivity index (χ2v) is 13.4. The van der Waals surface area contributed by atoms with E-state index in [1.54, 1.807) is 25.1 Å². The molecule has 4 rings (SSSR count). The van der Waals surface area contributed by atoms with Crippen LogP contribution in [0.2, 0.25) is 0 Å². The van der Waals surface area contributed by atoms with Gasteiger partial charge in [-0.1, -0.05) is 20.8 Å². The summed E-state index contributed by atoms with van der Waals surface area (Å²) in [6, 6.07) is 1.66. The minimum atomic E-state index is -2.67. The average Bonchev–Trinajstić information content (AvgIpc) is 2.92. The van der Waals surface area contributed by atoms with Crippen LogP contribution in [0.4, 0.5) is 10.5 Å². The molecule has 0 radical (unpaired) electrons. The van der Waals surface area contributed by atoms with E-state index in [2.05, 4.69) is 0 Å². The van der Waals surface area contributed by atoms with Crippen molar-refractivity contribution in [2.45, 2.75) is 59.1 Å². The molecule has 46 heavy (non-hydrogen) atoms. The molecule has 0 heterocycles. The highest BCUT2D eigenvalue weighted by molar-refractivity contribution is 6.24. The Bertz CT molecular complexity index is 1570. The van der Waals surface area contributed by atoms with Crippen LogP contribution in [0.25, 0.3) is 0 Å². The molecular weight excluding hydrogens is 602 g/mol. The molecule has 0 aromatic heterocycles. The molecule has 0 fully saturated rings. The molecule has 0 aliphatic heterocycles. The molecule has 3 aliphatic carbocycles. The Balaban J connectivity index is 1.79. The summed E-state index contributed by atoms with van der Waals surface area (Å²) in [6.07, 6.45) is -0.910. The standard InChI is InChI=1S/C32H41N3O11/c1-15(36)45-7-8-46-30(43)35(14-31(2,3)4)13-17-11-20(34(5)6)19-10-16-9-18-12-21(37)24(29(33)42)28(41)32(18,44)27(40)22(16)26(39)23(19)25(17)38/h11,16,18,37-38,40,44H,7-10,12-14H2,1-6H3,(H2,33,42)/t16-,18+,32+/m1/s1. The molecule has 14 nitrogen and oxygen atoms in total. The van der Waals surface area contributed by atoms with Crippen molar-refractivity contribution in [3.63, 3.8) is 0 Å². The van der Waals surface area contributed by atoms with Gasteiger partial charge in [0.2, 0.25) is 5.78 Å². The van der Waals surface area contributed by atoms with Gasteiger partial charge in [-0.25, -0.2) is 4.79 Å². The summed E-state index contributed by atoms with van der Waals surface area (Å²) < 4.78 is 10.1. The zero-order chi connectivity index (χ0) is 34.5. The van der Waals surface area contributed by atoms with Crippen molar-refractivity contribution in [3.8, 4) is 5.75 Å². The molecule has 3 atom stereocenters. The number of hydrogen-bond acceptors (Lipinski definition) is 12. The number of esters is 1. The lowest BCUT2D eigenvalue weighted by Crippen LogP contribution is -2.57. The number of carbonyl (C=O) groups excluding carboxylic acids is 5. The highest BCUT2D eigenvalue weighted by Gasteiger charge is 2.59. The van der Waals surface area contributed by atoms with Crippen LogP contribution in [0.5, 0.6) is 5.75 Å². The van der Waals surface area contributed by atoms with E-state index in [1.165, 1.54) is 11.8 Å². The van der Waals surface area contributed by atoms with E-state index in [-0.39, 0.29) is 62.3 Å². The van der Waals surface area contributed by atoms with Gasteiger partial charge in [-0.15, -0.1) is 0 Å². The van der Waals surface area contributed by atoms with E-state index in [1.807, 2.05) is 20.8 Å². The van der Waals surface area contributed by atoms with Crippen LogP contribution in [-0.4, -0.2) is 94.3 Å². The number of fused-ring (bicyclic) bond motifs is 3. The van der Waals surface area contributed by atoms with Crippen LogP contribution in [-0.2, 0) is 36.8 Å². The number of nitrogens with two attached hydrogens (primary N) is 1. The lowest BCUT2D eigenvalue weighted by Gasteiger charge is -2.46. The van der Waals surface area contributed by atoms with Gasteiger partial charge in [0.25, 0.3) is 5.91 Å². The first-order valence-electron chi connectivity index (χ1n) is 14.9. The number of ether oxygens (including phenoxy) is 2. The summed E-state index contributed by atoms with van der Waals surface area (Å²) in [4.78, 5) is 66.7. The Hall–Kier alpha value is -4.59. The number of rotatable bonds is 8. The Kier molecular flexibility index (Phi) is 9.17. The Morgan fingerprint density at radius 3 is 2.26 bits per heavy atom. The van der Waals surface area contributed by atoms with Crippen LogP contribution < -0.4 is 10.6 Å². The van der Waals surface area contributed by atoms with Crippen LogP contribution in [0.1, 0.15) is 62.0 Å². The number of phenols is 1. The van der Waals surface area contributed by atoms with E-state index in [4.69, 9.17) is 15.2 Å². The van der Waals surface area contributed by atoms with Gasteiger partial charge in [-0.2, -0.15) is 0 Å². The summed E-state index contributed by atoms with van der Waals surface area (Å²) in [5.41, 5.74) is 2.14. The normalized spacial score (nSPS) is 22.5. The number of anilines is 1. The topological polar surface area (TPSA) is 217 Å². The number of nitrogens with zero attached hydrogens (tertiary/aromatic N) is 2. The van der Waals surface area contributed by atoms with E-state index in [9.17, 15) is 44.4 Å². The predicted molar refractivity (Wildman–Crippen MR) is 163 cm³/mol. The molecule has 0 spiro atoms. The van der Waals surface area contributed by atoms with Crippen LogP contribution in [0.15, 0.2) is 28.7 Å². The van der Waals surface area contributed by atoms with Gasteiger partial charge >= 0.3 is 12.1 Å². The molecule has 0 saturated carbocycles. The molecule has 1 aromatic carbocycles. The zero-order valence-corrected chi connectivity index (χ0v) is 26.8. The average molecular weight is 644 g/mol. The summed E-state index contributed by atoms with van der Waals surface area (Å²) in [5.74, 6) is -7.64. The molecule has 2 amide bonds. The van der Waals surface area contributed by atoms with E-state index < -0.39 is 75.2 Å². The van der Waals surface area contributed by atoms with Gasteiger partial charge in [0.15, 0.2) is 11.4 Å². The summed E-state index contributed by atoms with van der Waals surface area (Å²) >= 11 is 0. The Morgan fingerprint density at radius 2 is 1.70 bits per heavy atom. The molecule has 1 aromatic rings. The smallest absolute Gasteiger partial charge is 0.410 e. The molecule has 250 valence electrons. The van der Waals surface area contributed by atoms with E-state index in [0.29, 0.717) is 11.3 Å². The number of allylic oxidation sites excluding steroid dienone is 2. The van der Waals surface area contributed by atoms with Crippen molar-refractivity contribution < 1.29 is 53.9 Å². The molecular formula is C32H41N3O11. The predicted octanol–water partition coefficient (Wildman–Crippen LogP) is 2.19. The van der Waals surface area contributed by atoms with E-state index >= 15 is 0 Å². The lowest BCUT2D eigenvalue weighted by molar-refractivity contribution is -0.144.